The molecular formula is C21H28N2O2. The molecule has 1 aliphatic carbocycles. The summed E-state index contributed by atoms with van der Waals surface area (Å²) in [6, 6.07) is 12.1. The van der Waals surface area contributed by atoms with Gasteiger partial charge in [0.1, 0.15) is 12.4 Å². The molecule has 1 aromatic carbocycles. The minimum atomic E-state index is -0.183. The third kappa shape index (κ3) is 5.03. The standard InChI is InChI=1S/C21H28N2O2/c1-21(11-3-2-4-20(21)24)16-23-14-17-5-7-19(8-6-17)25-15-18-9-12-22-13-10-18/h5-10,12-13,20,23-24H,2-4,11,14-16H2,1H3. The van der Waals surface area contributed by atoms with Crippen molar-refractivity contribution in [3.05, 3.63) is 59.9 Å². The van der Waals surface area contributed by atoms with Crippen molar-refractivity contribution in [2.75, 3.05) is 6.54 Å². The first-order chi connectivity index (χ1) is 12.2. The first kappa shape index (κ1) is 17.9. The minimum absolute atomic E-state index is 0.00580. The lowest BCUT2D eigenvalue weighted by Gasteiger charge is -2.38. The first-order valence-electron chi connectivity index (χ1n) is 9.15. The zero-order valence-corrected chi connectivity index (χ0v) is 14.9. The number of aliphatic hydroxyl groups is 1. The maximum Gasteiger partial charge on any atom is 0.119 e. The molecule has 1 saturated carbocycles. The summed E-state index contributed by atoms with van der Waals surface area (Å²) < 4.78 is 5.80. The molecule has 0 amide bonds. The monoisotopic (exact) mass is 340 g/mol. The number of nitrogens with one attached hydrogen (secondary N) is 1. The number of pyridine rings is 1. The minimum Gasteiger partial charge on any atom is -0.489 e. The molecule has 2 N–H and O–H groups in total. The lowest BCUT2D eigenvalue weighted by Crippen LogP contribution is -2.43. The van der Waals surface area contributed by atoms with Crippen molar-refractivity contribution in [3.8, 4) is 5.75 Å². The van der Waals surface area contributed by atoms with Crippen LogP contribution in [0.5, 0.6) is 5.75 Å². The van der Waals surface area contributed by atoms with Crippen LogP contribution in [0.4, 0.5) is 0 Å². The topological polar surface area (TPSA) is 54.4 Å². The van der Waals surface area contributed by atoms with Crippen molar-refractivity contribution in [1.29, 1.82) is 0 Å². The number of nitrogens with zero attached hydrogens (tertiary/aromatic N) is 1. The fourth-order valence-corrected chi connectivity index (χ4v) is 3.43. The van der Waals surface area contributed by atoms with E-state index in [-0.39, 0.29) is 11.5 Å². The molecule has 2 unspecified atom stereocenters. The molecule has 0 aliphatic heterocycles. The summed E-state index contributed by atoms with van der Waals surface area (Å²) >= 11 is 0. The smallest absolute Gasteiger partial charge is 0.119 e. The van der Waals surface area contributed by atoms with E-state index in [4.69, 9.17) is 4.74 Å². The van der Waals surface area contributed by atoms with Crippen LogP contribution in [-0.2, 0) is 13.2 Å². The van der Waals surface area contributed by atoms with Crippen LogP contribution in [0.2, 0.25) is 0 Å². The second kappa shape index (κ2) is 8.45. The Bertz CT molecular complexity index is 645. The Morgan fingerprint density at radius 2 is 1.88 bits per heavy atom. The molecule has 3 rings (SSSR count). The molecule has 1 heterocycles. The van der Waals surface area contributed by atoms with Crippen molar-refractivity contribution < 1.29 is 9.84 Å². The number of ether oxygens (including phenoxy) is 1. The van der Waals surface area contributed by atoms with Gasteiger partial charge in [-0.05, 0) is 48.2 Å². The number of hydrogen-bond donors (Lipinski definition) is 2. The van der Waals surface area contributed by atoms with Crippen LogP contribution < -0.4 is 10.1 Å². The molecule has 0 saturated heterocycles. The molecule has 0 radical (unpaired) electrons. The molecule has 2 atom stereocenters. The predicted octanol–water partition coefficient (Wildman–Crippen LogP) is 3.69. The van der Waals surface area contributed by atoms with Gasteiger partial charge in [-0.2, -0.15) is 0 Å². The van der Waals surface area contributed by atoms with E-state index in [0.29, 0.717) is 6.61 Å². The Labute approximate surface area is 150 Å². The fraction of sp³-hybridized carbons (Fsp3) is 0.476. The van der Waals surface area contributed by atoms with Gasteiger partial charge in [-0.3, -0.25) is 4.98 Å². The van der Waals surface area contributed by atoms with Gasteiger partial charge < -0.3 is 15.2 Å². The molecule has 25 heavy (non-hydrogen) atoms. The maximum atomic E-state index is 10.3. The van der Waals surface area contributed by atoms with Crippen molar-refractivity contribution >= 4 is 0 Å². The summed E-state index contributed by atoms with van der Waals surface area (Å²) in [5.74, 6) is 0.871. The van der Waals surface area contributed by atoms with Gasteiger partial charge in [-0.15, -0.1) is 0 Å². The fourth-order valence-electron chi connectivity index (χ4n) is 3.43. The molecule has 4 nitrogen and oxygen atoms in total. The van der Waals surface area contributed by atoms with Crippen LogP contribution in [0.15, 0.2) is 48.8 Å². The van der Waals surface area contributed by atoms with Gasteiger partial charge in [0.15, 0.2) is 0 Å². The Hall–Kier alpha value is -1.91. The Morgan fingerprint density at radius 1 is 1.12 bits per heavy atom. The van der Waals surface area contributed by atoms with Crippen LogP contribution in [0, 0.1) is 5.41 Å². The van der Waals surface area contributed by atoms with Gasteiger partial charge in [0.05, 0.1) is 6.10 Å². The van der Waals surface area contributed by atoms with E-state index in [9.17, 15) is 5.11 Å². The van der Waals surface area contributed by atoms with E-state index < -0.39 is 0 Å². The van der Waals surface area contributed by atoms with E-state index in [1.54, 1.807) is 12.4 Å². The Kier molecular flexibility index (Phi) is 6.05. The zero-order valence-electron chi connectivity index (χ0n) is 14.9. The molecule has 1 aromatic heterocycles. The van der Waals surface area contributed by atoms with E-state index in [0.717, 1.165) is 43.7 Å². The van der Waals surface area contributed by atoms with Gasteiger partial charge >= 0.3 is 0 Å². The molecule has 1 fully saturated rings. The van der Waals surface area contributed by atoms with E-state index in [1.807, 2.05) is 24.3 Å². The van der Waals surface area contributed by atoms with Gasteiger partial charge in [-0.25, -0.2) is 0 Å². The zero-order chi connectivity index (χ0) is 17.5. The second-order valence-corrected chi connectivity index (χ2v) is 7.31. The SMILES string of the molecule is CC1(CNCc2ccc(OCc3ccncc3)cc2)CCCCC1O. The van der Waals surface area contributed by atoms with Crippen LogP contribution in [-0.4, -0.2) is 22.7 Å². The molecular weight excluding hydrogens is 312 g/mol. The first-order valence-corrected chi connectivity index (χ1v) is 9.15. The predicted molar refractivity (Wildman–Crippen MR) is 99.3 cm³/mol. The largest absolute Gasteiger partial charge is 0.489 e. The van der Waals surface area contributed by atoms with Crippen LogP contribution in [0.1, 0.15) is 43.7 Å². The Morgan fingerprint density at radius 3 is 2.60 bits per heavy atom. The lowest BCUT2D eigenvalue weighted by atomic mass is 9.73. The molecule has 0 spiro atoms. The average Bonchev–Trinajstić information content (AvgIpc) is 2.65. The Balaban J connectivity index is 1.44. The van der Waals surface area contributed by atoms with E-state index in [1.165, 1.54) is 12.0 Å². The number of rotatable bonds is 7. The van der Waals surface area contributed by atoms with Crippen molar-refractivity contribution in [1.82, 2.24) is 10.3 Å². The summed E-state index contributed by atoms with van der Waals surface area (Å²) in [5.41, 5.74) is 2.34. The third-order valence-electron chi connectivity index (χ3n) is 5.22. The number of aliphatic hydroxyl groups excluding tert-OH is 1. The third-order valence-corrected chi connectivity index (χ3v) is 5.22. The number of hydrogen-bond acceptors (Lipinski definition) is 4. The van der Waals surface area contributed by atoms with Crippen molar-refractivity contribution in [3.63, 3.8) is 0 Å². The summed E-state index contributed by atoms with van der Waals surface area (Å²) in [7, 11) is 0. The normalized spacial score (nSPS) is 23.4. The highest BCUT2D eigenvalue weighted by Crippen LogP contribution is 2.35. The average molecular weight is 340 g/mol. The highest BCUT2D eigenvalue weighted by molar-refractivity contribution is 5.27. The van der Waals surface area contributed by atoms with Crippen LogP contribution >= 0.6 is 0 Å². The number of aromatic nitrogens is 1. The summed E-state index contributed by atoms with van der Waals surface area (Å²) in [4.78, 5) is 4.01. The van der Waals surface area contributed by atoms with Crippen LogP contribution in [0.25, 0.3) is 0 Å². The number of benzene rings is 1. The maximum absolute atomic E-state index is 10.3. The molecule has 4 heteroatoms. The van der Waals surface area contributed by atoms with Crippen molar-refractivity contribution in [2.45, 2.75) is 51.9 Å². The highest BCUT2D eigenvalue weighted by atomic mass is 16.5. The summed E-state index contributed by atoms with van der Waals surface area (Å²) in [6.45, 7) is 4.41. The van der Waals surface area contributed by atoms with Crippen molar-refractivity contribution in [2.24, 2.45) is 5.41 Å². The molecule has 134 valence electrons. The molecule has 1 aliphatic rings. The lowest BCUT2D eigenvalue weighted by molar-refractivity contribution is 0.00115. The highest BCUT2D eigenvalue weighted by Gasteiger charge is 2.34. The van der Waals surface area contributed by atoms with E-state index >= 15 is 0 Å². The van der Waals surface area contributed by atoms with Gasteiger partial charge in [-0.1, -0.05) is 31.9 Å². The second-order valence-electron chi connectivity index (χ2n) is 7.31. The molecule has 0 bridgehead atoms. The van der Waals surface area contributed by atoms with E-state index in [2.05, 4.69) is 29.4 Å². The summed E-state index contributed by atoms with van der Waals surface area (Å²) in [5, 5.41) is 13.8. The van der Waals surface area contributed by atoms with Gasteiger partial charge in [0.2, 0.25) is 0 Å². The quantitative estimate of drug-likeness (QED) is 0.807. The molecule has 2 aromatic rings. The van der Waals surface area contributed by atoms with Gasteiger partial charge in [0.25, 0.3) is 0 Å². The summed E-state index contributed by atoms with van der Waals surface area (Å²) in [6.07, 6.45) is 7.77. The van der Waals surface area contributed by atoms with Crippen LogP contribution in [0.3, 0.4) is 0 Å². The van der Waals surface area contributed by atoms with Gasteiger partial charge in [0, 0.05) is 30.9 Å².